The van der Waals surface area contributed by atoms with Crippen molar-refractivity contribution < 1.29 is 4.79 Å². The molecular weight excluding hydrogens is 324 g/mol. The molecule has 5 nitrogen and oxygen atoms in total. The largest absolute Gasteiger partial charge is 0.365 e. The van der Waals surface area contributed by atoms with Gasteiger partial charge in [-0.2, -0.15) is 0 Å². The minimum Gasteiger partial charge on any atom is -0.365 e. The Hall–Kier alpha value is -2.40. The zero-order valence-corrected chi connectivity index (χ0v) is 15.9. The fraction of sp³-hybridized carbons (Fsp3) is 0.429. The lowest BCUT2D eigenvalue weighted by molar-refractivity contribution is 0.0628. The van der Waals surface area contributed by atoms with Gasteiger partial charge in [-0.3, -0.25) is 9.69 Å². The predicted molar refractivity (Wildman–Crippen MR) is 105 cm³/mol. The molecule has 1 saturated heterocycles. The van der Waals surface area contributed by atoms with Gasteiger partial charge in [-0.05, 0) is 38.5 Å². The number of nitrogens with one attached hydrogen (secondary N) is 1. The molecule has 2 aromatic rings. The van der Waals surface area contributed by atoms with Crippen LogP contribution in [-0.2, 0) is 6.54 Å². The molecule has 1 fully saturated rings. The summed E-state index contributed by atoms with van der Waals surface area (Å²) in [5, 5.41) is 3.31. The Balaban J connectivity index is 1.53. The minimum absolute atomic E-state index is 0.0480. The van der Waals surface area contributed by atoms with Gasteiger partial charge in [0, 0.05) is 44.5 Å². The zero-order valence-electron chi connectivity index (χ0n) is 15.9. The standard InChI is InChI=1S/C21H28N4O/c1-21(2,3)23-19-10-9-18(15-22-19)20(26)25-13-11-24(12-14-25)16-17-7-5-4-6-8-17/h4-10,15H,11-14,16H2,1-3H3,(H,22,23). The third kappa shape index (κ3) is 5.05. The van der Waals surface area contributed by atoms with Gasteiger partial charge in [-0.25, -0.2) is 4.98 Å². The maximum atomic E-state index is 12.7. The van der Waals surface area contributed by atoms with Crippen LogP contribution < -0.4 is 5.32 Å². The SMILES string of the molecule is CC(C)(C)Nc1ccc(C(=O)N2CCN(Cc3ccccc3)CC2)cn1. The first-order chi connectivity index (χ1) is 12.4. The number of aromatic nitrogens is 1. The Bertz CT molecular complexity index is 714. The molecule has 26 heavy (non-hydrogen) atoms. The van der Waals surface area contributed by atoms with Crippen molar-refractivity contribution in [2.75, 3.05) is 31.5 Å². The van der Waals surface area contributed by atoms with Crippen molar-refractivity contribution in [3.05, 3.63) is 59.8 Å². The van der Waals surface area contributed by atoms with Crippen molar-refractivity contribution in [2.24, 2.45) is 0 Å². The summed E-state index contributed by atoms with van der Waals surface area (Å²) in [6, 6.07) is 14.2. The Labute approximate surface area is 156 Å². The van der Waals surface area contributed by atoms with Gasteiger partial charge in [-0.15, -0.1) is 0 Å². The number of pyridine rings is 1. The maximum Gasteiger partial charge on any atom is 0.255 e. The van der Waals surface area contributed by atoms with Gasteiger partial charge >= 0.3 is 0 Å². The van der Waals surface area contributed by atoms with Crippen LogP contribution in [-0.4, -0.2) is 52.4 Å². The van der Waals surface area contributed by atoms with Gasteiger partial charge in [0.15, 0.2) is 0 Å². The Morgan fingerprint density at radius 2 is 1.73 bits per heavy atom. The molecule has 1 aliphatic rings. The fourth-order valence-corrected chi connectivity index (χ4v) is 3.11. The Kier molecular flexibility index (Phi) is 5.57. The van der Waals surface area contributed by atoms with Crippen molar-refractivity contribution in [1.82, 2.24) is 14.8 Å². The molecule has 3 rings (SSSR count). The number of piperazine rings is 1. The number of amides is 1. The molecule has 1 amide bonds. The molecule has 0 atom stereocenters. The second-order valence-corrected chi connectivity index (χ2v) is 7.86. The van der Waals surface area contributed by atoms with Crippen LogP contribution in [0.15, 0.2) is 48.7 Å². The summed E-state index contributed by atoms with van der Waals surface area (Å²) in [5.41, 5.74) is 1.92. The van der Waals surface area contributed by atoms with E-state index in [9.17, 15) is 4.79 Å². The van der Waals surface area contributed by atoms with Gasteiger partial charge in [0.1, 0.15) is 5.82 Å². The molecular formula is C21H28N4O. The van der Waals surface area contributed by atoms with Crippen molar-refractivity contribution in [3.63, 3.8) is 0 Å². The average molecular weight is 352 g/mol. The number of carbonyl (C=O) groups excluding carboxylic acids is 1. The van der Waals surface area contributed by atoms with Gasteiger partial charge in [0.2, 0.25) is 0 Å². The Morgan fingerprint density at radius 1 is 1.04 bits per heavy atom. The quantitative estimate of drug-likeness (QED) is 0.918. The second-order valence-electron chi connectivity index (χ2n) is 7.86. The van der Waals surface area contributed by atoms with Crippen LogP contribution >= 0.6 is 0 Å². The van der Waals surface area contributed by atoms with E-state index in [2.05, 4.69) is 60.2 Å². The molecule has 2 heterocycles. The third-order valence-corrected chi connectivity index (χ3v) is 4.42. The molecule has 138 valence electrons. The Morgan fingerprint density at radius 3 is 2.31 bits per heavy atom. The average Bonchev–Trinajstić information content (AvgIpc) is 2.62. The van der Waals surface area contributed by atoms with E-state index in [-0.39, 0.29) is 11.4 Å². The van der Waals surface area contributed by atoms with Crippen LogP contribution in [0.5, 0.6) is 0 Å². The monoisotopic (exact) mass is 352 g/mol. The lowest BCUT2D eigenvalue weighted by Gasteiger charge is -2.34. The minimum atomic E-state index is -0.0480. The maximum absolute atomic E-state index is 12.7. The summed E-state index contributed by atoms with van der Waals surface area (Å²) < 4.78 is 0. The zero-order chi connectivity index (χ0) is 18.6. The van der Waals surface area contributed by atoms with Crippen LogP contribution in [0.4, 0.5) is 5.82 Å². The van der Waals surface area contributed by atoms with E-state index < -0.39 is 0 Å². The number of hydrogen-bond acceptors (Lipinski definition) is 4. The summed E-state index contributed by atoms with van der Waals surface area (Å²) in [4.78, 5) is 21.4. The van der Waals surface area contributed by atoms with E-state index in [4.69, 9.17) is 0 Å². The van der Waals surface area contributed by atoms with E-state index in [0.29, 0.717) is 5.56 Å². The van der Waals surface area contributed by atoms with E-state index in [0.717, 1.165) is 38.5 Å². The van der Waals surface area contributed by atoms with Crippen LogP contribution in [0.1, 0.15) is 36.7 Å². The molecule has 1 aromatic heterocycles. The van der Waals surface area contributed by atoms with E-state index >= 15 is 0 Å². The van der Waals surface area contributed by atoms with Gasteiger partial charge < -0.3 is 10.2 Å². The fourth-order valence-electron chi connectivity index (χ4n) is 3.11. The highest BCUT2D eigenvalue weighted by atomic mass is 16.2. The molecule has 0 spiro atoms. The van der Waals surface area contributed by atoms with E-state index in [1.807, 2.05) is 23.1 Å². The van der Waals surface area contributed by atoms with Crippen molar-refractivity contribution >= 4 is 11.7 Å². The van der Waals surface area contributed by atoms with Crippen molar-refractivity contribution in [1.29, 1.82) is 0 Å². The predicted octanol–water partition coefficient (Wildman–Crippen LogP) is 3.25. The number of carbonyl (C=O) groups is 1. The lowest BCUT2D eigenvalue weighted by Crippen LogP contribution is -2.48. The molecule has 0 radical (unpaired) electrons. The highest BCUT2D eigenvalue weighted by Gasteiger charge is 2.22. The molecule has 1 aromatic carbocycles. The van der Waals surface area contributed by atoms with Crippen LogP contribution in [0, 0.1) is 0 Å². The van der Waals surface area contributed by atoms with Crippen LogP contribution in [0.3, 0.4) is 0 Å². The van der Waals surface area contributed by atoms with Gasteiger partial charge in [-0.1, -0.05) is 30.3 Å². The van der Waals surface area contributed by atoms with Gasteiger partial charge in [0.25, 0.3) is 5.91 Å². The van der Waals surface area contributed by atoms with Crippen molar-refractivity contribution in [3.8, 4) is 0 Å². The summed E-state index contributed by atoms with van der Waals surface area (Å²) in [6.45, 7) is 10.5. The van der Waals surface area contributed by atoms with Gasteiger partial charge in [0.05, 0.1) is 5.56 Å². The second kappa shape index (κ2) is 7.87. The first-order valence-electron chi connectivity index (χ1n) is 9.20. The topological polar surface area (TPSA) is 48.5 Å². The van der Waals surface area contributed by atoms with Crippen molar-refractivity contribution in [2.45, 2.75) is 32.9 Å². The summed E-state index contributed by atoms with van der Waals surface area (Å²) in [7, 11) is 0. The van der Waals surface area contributed by atoms with Crippen LogP contribution in [0.2, 0.25) is 0 Å². The summed E-state index contributed by atoms with van der Waals surface area (Å²) >= 11 is 0. The highest BCUT2D eigenvalue weighted by Crippen LogP contribution is 2.15. The lowest BCUT2D eigenvalue weighted by atomic mass is 10.1. The molecule has 1 N–H and O–H groups in total. The van der Waals surface area contributed by atoms with E-state index in [1.54, 1.807) is 6.20 Å². The van der Waals surface area contributed by atoms with Crippen LogP contribution in [0.25, 0.3) is 0 Å². The third-order valence-electron chi connectivity index (χ3n) is 4.42. The molecule has 0 bridgehead atoms. The summed E-state index contributed by atoms with van der Waals surface area (Å²) in [6.07, 6.45) is 1.67. The number of hydrogen-bond donors (Lipinski definition) is 1. The number of nitrogens with zero attached hydrogens (tertiary/aromatic N) is 3. The number of benzene rings is 1. The number of anilines is 1. The first-order valence-corrected chi connectivity index (χ1v) is 9.20. The molecule has 5 heteroatoms. The normalized spacial score (nSPS) is 15.7. The first kappa shape index (κ1) is 18.4. The summed E-state index contributed by atoms with van der Waals surface area (Å²) in [5.74, 6) is 0.862. The molecule has 0 aliphatic carbocycles. The molecule has 0 unspecified atom stereocenters. The molecule has 1 aliphatic heterocycles. The van der Waals surface area contributed by atoms with E-state index in [1.165, 1.54) is 5.56 Å². The molecule has 0 saturated carbocycles. The highest BCUT2D eigenvalue weighted by molar-refractivity contribution is 5.94. The smallest absolute Gasteiger partial charge is 0.255 e. The number of rotatable bonds is 4.